The van der Waals surface area contributed by atoms with Gasteiger partial charge in [0, 0.05) is 18.7 Å². The lowest BCUT2D eigenvalue weighted by Crippen LogP contribution is -2.48. The van der Waals surface area contributed by atoms with Gasteiger partial charge in [0.05, 0.1) is 0 Å². The van der Waals surface area contributed by atoms with Crippen LogP contribution in [0.3, 0.4) is 0 Å². The molecule has 0 bridgehead atoms. The third-order valence-corrected chi connectivity index (χ3v) is 3.03. The summed E-state index contributed by atoms with van der Waals surface area (Å²) in [5.41, 5.74) is 0.0226. The monoisotopic (exact) mass is 161 g/mol. The van der Waals surface area contributed by atoms with Crippen molar-refractivity contribution < 1.29 is 0 Å². The fourth-order valence-corrected chi connectivity index (χ4v) is 2.38. The van der Waals surface area contributed by atoms with Gasteiger partial charge in [-0.1, -0.05) is 6.08 Å². The maximum absolute atomic E-state index is 4.44. The van der Waals surface area contributed by atoms with Crippen LogP contribution in [0, 0.1) is 5.92 Å². The molecule has 0 aromatic carbocycles. The van der Waals surface area contributed by atoms with E-state index >= 15 is 0 Å². The van der Waals surface area contributed by atoms with Crippen molar-refractivity contribution >= 4 is 12.1 Å². The lowest BCUT2D eigenvalue weighted by molar-refractivity contribution is 0.486. The second-order valence-electron chi connectivity index (χ2n) is 3.58. The van der Waals surface area contributed by atoms with E-state index in [0.717, 1.165) is 18.9 Å². The number of aliphatic imine (C=N–C) groups is 2. The van der Waals surface area contributed by atoms with Crippen molar-refractivity contribution in [1.29, 1.82) is 0 Å². The first-order chi connectivity index (χ1) is 5.92. The van der Waals surface area contributed by atoms with E-state index in [0.29, 0.717) is 5.92 Å². The largest absolute Gasteiger partial charge is 0.301 e. The summed E-state index contributed by atoms with van der Waals surface area (Å²) < 4.78 is 0. The second kappa shape index (κ2) is 2.04. The minimum atomic E-state index is 0.0226. The van der Waals surface area contributed by atoms with E-state index in [2.05, 4.69) is 21.4 Å². The summed E-state index contributed by atoms with van der Waals surface area (Å²) in [6.45, 7) is 2.05. The highest BCUT2D eigenvalue weighted by atomic mass is 15.1. The zero-order valence-electron chi connectivity index (χ0n) is 6.83. The number of nitrogens with zero attached hydrogens (tertiary/aromatic N) is 2. The summed E-state index contributed by atoms with van der Waals surface area (Å²) in [6, 6.07) is 0. The van der Waals surface area contributed by atoms with Crippen LogP contribution in [0.4, 0.5) is 0 Å². The average molecular weight is 161 g/mol. The van der Waals surface area contributed by atoms with Crippen LogP contribution in [-0.4, -0.2) is 30.7 Å². The van der Waals surface area contributed by atoms with Crippen LogP contribution in [0.2, 0.25) is 0 Å². The summed E-state index contributed by atoms with van der Waals surface area (Å²) in [5, 5.41) is 3.50. The SMILES string of the molecule is C1=CC23NCCC2CN=C3N=C1. The molecule has 3 aliphatic rings. The van der Waals surface area contributed by atoms with Gasteiger partial charge in [0.2, 0.25) is 0 Å². The van der Waals surface area contributed by atoms with Gasteiger partial charge in [-0.15, -0.1) is 0 Å². The Morgan fingerprint density at radius 3 is 3.58 bits per heavy atom. The Labute approximate surface area is 71.3 Å². The average Bonchev–Trinajstić information content (AvgIpc) is 2.59. The molecule has 0 saturated carbocycles. The van der Waals surface area contributed by atoms with Gasteiger partial charge in [-0.05, 0) is 19.0 Å². The number of hydrogen-bond acceptors (Lipinski definition) is 3. The molecule has 3 heteroatoms. The van der Waals surface area contributed by atoms with Gasteiger partial charge in [0.1, 0.15) is 11.4 Å². The molecule has 0 radical (unpaired) electrons. The summed E-state index contributed by atoms with van der Waals surface area (Å²) in [5.74, 6) is 1.65. The maximum atomic E-state index is 4.44. The van der Waals surface area contributed by atoms with Crippen LogP contribution in [0.5, 0.6) is 0 Å². The van der Waals surface area contributed by atoms with Gasteiger partial charge in [-0.2, -0.15) is 0 Å². The molecular weight excluding hydrogens is 150 g/mol. The highest BCUT2D eigenvalue weighted by Gasteiger charge is 2.48. The smallest absolute Gasteiger partial charge is 0.147 e. The van der Waals surface area contributed by atoms with Crippen molar-refractivity contribution in [3.05, 3.63) is 12.2 Å². The first kappa shape index (κ1) is 6.54. The third-order valence-electron chi connectivity index (χ3n) is 3.03. The van der Waals surface area contributed by atoms with Gasteiger partial charge >= 0.3 is 0 Å². The van der Waals surface area contributed by atoms with E-state index in [1.165, 1.54) is 6.42 Å². The van der Waals surface area contributed by atoms with Crippen molar-refractivity contribution in [2.75, 3.05) is 13.1 Å². The summed E-state index contributed by atoms with van der Waals surface area (Å²) in [6.07, 6.45) is 7.29. The van der Waals surface area contributed by atoms with Crippen LogP contribution >= 0.6 is 0 Å². The molecule has 1 fully saturated rings. The van der Waals surface area contributed by atoms with Crippen LogP contribution in [0.15, 0.2) is 22.1 Å². The van der Waals surface area contributed by atoms with E-state index in [9.17, 15) is 0 Å². The first-order valence-electron chi connectivity index (χ1n) is 4.44. The molecular formula is C9H11N3. The highest BCUT2D eigenvalue weighted by Crippen LogP contribution is 2.36. The molecule has 1 N–H and O–H groups in total. The Bertz CT molecular complexity index is 303. The number of rotatable bonds is 0. The lowest BCUT2D eigenvalue weighted by atomic mass is 9.86. The number of hydrogen-bond donors (Lipinski definition) is 1. The van der Waals surface area contributed by atoms with Crippen molar-refractivity contribution in [3.8, 4) is 0 Å². The zero-order chi connectivity index (χ0) is 8.02. The highest BCUT2D eigenvalue weighted by molar-refractivity contribution is 6.04. The summed E-state index contributed by atoms with van der Waals surface area (Å²) >= 11 is 0. The Hall–Kier alpha value is -0.960. The predicted octanol–water partition coefficient (Wildman–Crippen LogP) is 0.387. The van der Waals surface area contributed by atoms with E-state index in [-0.39, 0.29) is 5.54 Å². The van der Waals surface area contributed by atoms with Gasteiger partial charge < -0.3 is 5.32 Å². The Kier molecular flexibility index (Phi) is 1.11. The minimum absolute atomic E-state index is 0.0226. The summed E-state index contributed by atoms with van der Waals surface area (Å²) in [4.78, 5) is 8.74. The summed E-state index contributed by atoms with van der Waals surface area (Å²) in [7, 11) is 0. The first-order valence-corrected chi connectivity index (χ1v) is 4.44. The maximum Gasteiger partial charge on any atom is 0.147 e. The van der Waals surface area contributed by atoms with Gasteiger partial charge in [0.25, 0.3) is 0 Å². The van der Waals surface area contributed by atoms with Gasteiger partial charge in [-0.3, -0.25) is 4.99 Å². The Morgan fingerprint density at radius 2 is 2.58 bits per heavy atom. The number of amidine groups is 1. The molecule has 0 aliphatic carbocycles. The quantitative estimate of drug-likeness (QED) is 0.548. The Morgan fingerprint density at radius 1 is 1.58 bits per heavy atom. The molecule has 3 nitrogen and oxygen atoms in total. The fourth-order valence-electron chi connectivity index (χ4n) is 2.38. The molecule has 1 saturated heterocycles. The Balaban J connectivity index is 2.12. The molecule has 62 valence electrons. The second-order valence-corrected chi connectivity index (χ2v) is 3.58. The molecule has 3 aliphatic heterocycles. The molecule has 0 aromatic heterocycles. The molecule has 0 aromatic rings. The van der Waals surface area contributed by atoms with Gasteiger partial charge in [-0.25, -0.2) is 4.99 Å². The number of allylic oxidation sites excluding steroid dienone is 1. The van der Waals surface area contributed by atoms with Crippen molar-refractivity contribution in [3.63, 3.8) is 0 Å². The van der Waals surface area contributed by atoms with Crippen LogP contribution in [0.1, 0.15) is 6.42 Å². The lowest BCUT2D eigenvalue weighted by Gasteiger charge is -2.27. The van der Waals surface area contributed by atoms with Crippen molar-refractivity contribution in [2.45, 2.75) is 12.0 Å². The van der Waals surface area contributed by atoms with Gasteiger partial charge in [0.15, 0.2) is 0 Å². The number of dihydropyridines is 1. The topological polar surface area (TPSA) is 36.8 Å². The third kappa shape index (κ3) is 0.607. The molecule has 3 heterocycles. The minimum Gasteiger partial charge on any atom is -0.301 e. The van der Waals surface area contributed by atoms with E-state index < -0.39 is 0 Å². The van der Waals surface area contributed by atoms with Crippen molar-refractivity contribution in [2.24, 2.45) is 15.9 Å². The van der Waals surface area contributed by atoms with Crippen LogP contribution in [0.25, 0.3) is 0 Å². The van der Waals surface area contributed by atoms with E-state index in [1.54, 1.807) is 0 Å². The number of nitrogens with one attached hydrogen (secondary N) is 1. The zero-order valence-corrected chi connectivity index (χ0v) is 6.83. The molecule has 2 unspecified atom stereocenters. The van der Waals surface area contributed by atoms with E-state index in [1.807, 2.05) is 12.3 Å². The normalized spacial score (nSPS) is 42.7. The fraction of sp³-hybridized carbons (Fsp3) is 0.556. The molecule has 0 amide bonds. The van der Waals surface area contributed by atoms with Crippen LogP contribution in [-0.2, 0) is 0 Å². The standard InChI is InChI=1S/C9H11N3/c1-3-9-7(2-5-12-9)6-11-8(9)10-4-1/h1,3-4,7,12H,2,5-6H2. The van der Waals surface area contributed by atoms with Crippen LogP contribution < -0.4 is 5.32 Å². The van der Waals surface area contributed by atoms with Crippen molar-refractivity contribution in [1.82, 2.24) is 5.32 Å². The van der Waals surface area contributed by atoms with E-state index in [4.69, 9.17) is 0 Å². The molecule has 2 atom stereocenters. The molecule has 3 rings (SSSR count). The molecule has 12 heavy (non-hydrogen) atoms. The predicted molar refractivity (Wildman–Crippen MR) is 48.8 cm³/mol. The molecule has 1 spiro atoms.